The number of methoxy groups -OCH3 is 1. The highest BCUT2D eigenvalue weighted by molar-refractivity contribution is 8.32. The molecule has 2 aromatic rings. The van der Waals surface area contributed by atoms with Crippen molar-refractivity contribution in [3.63, 3.8) is 0 Å². The lowest BCUT2D eigenvalue weighted by atomic mass is 10.0. The third kappa shape index (κ3) is 5.55. The van der Waals surface area contributed by atoms with Gasteiger partial charge < -0.3 is 20.1 Å². The molecule has 7 heteroatoms. The molecule has 1 fully saturated rings. The van der Waals surface area contributed by atoms with E-state index in [1.54, 1.807) is 31.4 Å². The van der Waals surface area contributed by atoms with Crippen molar-refractivity contribution in [1.29, 1.82) is 0 Å². The van der Waals surface area contributed by atoms with Gasteiger partial charge in [0.05, 0.1) is 19.6 Å². The Morgan fingerprint density at radius 2 is 1.73 bits per heavy atom. The third-order valence-electron chi connectivity index (χ3n) is 5.13. The van der Waals surface area contributed by atoms with Crippen LogP contribution in [-0.4, -0.2) is 50.9 Å². The predicted octanol–water partition coefficient (Wildman–Crippen LogP) is 3.58. The second-order valence-corrected chi connectivity index (χ2v) is 12.3. The van der Waals surface area contributed by atoms with E-state index in [1.807, 2.05) is 24.3 Å². The second kappa shape index (κ2) is 9.53. The van der Waals surface area contributed by atoms with Crippen LogP contribution in [0.2, 0.25) is 0 Å². The summed E-state index contributed by atoms with van der Waals surface area (Å²) in [5.74, 6) is -0.000254. The second-order valence-electron chi connectivity index (χ2n) is 8.13. The first kappa shape index (κ1) is 22.2. The molecule has 0 aromatic heterocycles. The highest BCUT2D eigenvalue weighted by Crippen LogP contribution is 2.45. The minimum absolute atomic E-state index is 0.171. The average Bonchev–Trinajstić information content (AvgIpc) is 3.27. The van der Waals surface area contributed by atoms with E-state index in [0.29, 0.717) is 36.6 Å². The van der Waals surface area contributed by atoms with Gasteiger partial charge in [0, 0.05) is 12.3 Å². The minimum Gasteiger partial charge on any atom is -0.497 e. The van der Waals surface area contributed by atoms with Gasteiger partial charge in [0.2, 0.25) is 5.91 Å². The van der Waals surface area contributed by atoms with E-state index in [-0.39, 0.29) is 17.7 Å². The summed E-state index contributed by atoms with van der Waals surface area (Å²) in [6, 6.07) is 14.2. The smallest absolute Gasteiger partial charge is 0.251 e. The molecule has 0 radical (unpaired) electrons. The van der Waals surface area contributed by atoms with Crippen LogP contribution < -0.4 is 15.4 Å². The molecule has 162 valence electrons. The van der Waals surface area contributed by atoms with Gasteiger partial charge in [-0.1, -0.05) is 12.1 Å². The van der Waals surface area contributed by atoms with Crippen LogP contribution in [0, 0.1) is 5.92 Å². The van der Waals surface area contributed by atoms with E-state index in [0.717, 1.165) is 0 Å². The van der Waals surface area contributed by atoms with E-state index in [9.17, 15) is 9.59 Å². The number of benzene rings is 2. The molecule has 30 heavy (non-hydrogen) atoms. The van der Waals surface area contributed by atoms with Crippen LogP contribution in [-0.2, 0) is 14.3 Å². The highest BCUT2D eigenvalue weighted by Gasteiger charge is 2.29. The minimum atomic E-state index is -0.833. The SMILES string of the molecule is COc1ccc(C(NC(=O)C2CCOC2)C(=O)Nc2ccc(S(C)(C)C)cc2)cc1. The number of rotatable bonds is 7. The number of hydrogen-bond donors (Lipinski definition) is 2. The first-order valence-electron chi connectivity index (χ1n) is 9.89. The maximum absolute atomic E-state index is 13.1. The van der Waals surface area contributed by atoms with E-state index in [1.165, 1.54) is 4.90 Å². The summed E-state index contributed by atoms with van der Waals surface area (Å²) < 4.78 is 10.5. The Kier molecular flexibility index (Phi) is 7.05. The zero-order chi connectivity index (χ0) is 21.7. The van der Waals surface area contributed by atoms with Crippen LogP contribution in [0.4, 0.5) is 5.69 Å². The lowest BCUT2D eigenvalue weighted by Gasteiger charge is -2.26. The molecule has 1 saturated heterocycles. The molecule has 0 saturated carbocycles. The lowest BCUT2D eigenvalue weighted by molar-refractivity contribution is -0.129. The molecule has 6 nitrogen and oxygen atoms in total. The molecule has 1 heterocycles. The Morgan fingerprint density at radius 3 is 2.27 bits per heavy atom. The highest BCUT2D eigenvalue weighted by atomic mass is 32.3. The monoisotopic (exact) mass is 430 g/mol. The molecule has 2 atom stereocenters. The maximum Gasteiger partial charge on any atom is 0.251 e. The van der Waals surface area contributed by atoms with Gasteiger partial charge in [0.1, 0.15) is 11.8 Å². The summed E-state index contributed by atoms with van der Waals surface area (Å²) in [6.07, 6.45) is 7.34. The topological polar surface area (TPSA) is 76.7 Å². The van der Waals surface area contributed by atoms with E-state index in [2.05, 4.69) is 29.4 Å². The first-order valence-corrected chi connectivity index (χ1v) is 12.7. The van der Waals surface area contributed by atoms with E-state index >= 15 is 0 Å². The maximum atomic E-state index is 13.1. The third-order valence-corrected chi connectivity index (χ3v) is 6.81. The molecule has 2 N–H and O–H groups in total. The van der Waals surface area contributed by atoms with E-state index < -0.39 is 16.1 Å². The van der Waals surface area contributed by atoms with Crippen molar-refractivity contribution in [3.8, 4) is 5.75 Å². The van der Waals surface area contributed by atoms with Crippen LogP contribution in [0.25, 0.3) is 0 Å². The Morgan fingerprint density at radius 1 is 1.07 bits per heavy atom. The van der Waals surface area contributed by atoms with Gasteiger partial charge in [0.25, 0.3) is 5.91 Å². The summed E-state index contributed by atoms with van der Waals surface area (Å²) in [5.41, 5.74) is 1.39. The number of carbonyl (C=O) groups excluding carboxylic acids is 2. The molecule has 2 amide bonds. The normalized spacial score (nSPS) is 17.8. The standard InChI is InChI=1S/C23H30N2O4S/c1-28-19-9-5-16(6-10-19)21(25-22(26)17-13-14-29-15-17)23(27)24-18-7-11-20(12-8-18)30(2,3)4/h5-12,17,21H,13-15H2,1-4H3,(H,24,27)(H,25,26). The number of amides is 2. The first-order chi connectivity index (χ1) is 14.3. The van der Waals surface area contributed by atoms with Gasteiger partial charge in [-0.3, -0.25) is 9.59 Å². The summed E-state index contributed by atoms with van der Waals surface area (Å²) in [4.78, 5) is 27.1. The number of ether oxygens (including phenoxy) is 2. The van der Waals surface area contributed by atoms with Crippen molar-refractivity contribution in [2.75, 3.05) is 44.4 Å². The summed E-state index contributed by atoms with van der Waals surface area (Å²) in [6.45, 7) is 0.957. The van der Waals surface area contributed by atoms with Gasteiger partial charge in [-0.05, 0) is 72.0 Å². The Hall–Kier alpha value is -2.51. The fourth-order valence-electron chi connectivity index (χ4n) is 3.26. The Balaban J connectivity index is 1.78. The van der Waals surface area contributed by atoms with Gasteiger partial charge in [-0.2, -0.15) is 0 Å². The summed E-state index contributed by atoms with van der Waals surface area (Å²) >= 11 is 0. The van der Waals surface area contributed by atoms with Crippen molar-refractivity contribution in [1.82, 2.24) is 5.32 Å². The molecule has 3 rings (SSSR count). The van der Waals surface area contributed by atoms with Crippen LogP contribution in [0.15, 0.2) is 53.4 Å². The van der Waals surface area contributed by atoms with Gasteiger partial charge in [-0.15, -0.1) is 0 Å². The fraction of sp³-hybridized carbons (Fsp3) is 0.391. The molecule has 0 bridgehead atoms. The van der Waals surface area contributed by atoms with Crippen LogP contribution in [0.3, 0.4) is 0 Å². The van der Waals surface area contributed by atoms with Crippen molar-refractivity contribution in [3.05, 3.63) is 54.1 Å². The van der Waals surface area contributed by atoms with Crippen molar-refractivity contribution >= 4 is 27.5 Å². The van der Waals surface area contributed by atoms with Crippen molar-refractivity contribution in [2.24, 2.45) is 5.92 Å². The number of anilines is 1. The molecule has 0 spiro atoms. The average molecular weight is 431 g/mol. The molecule has 0 aliphatic carbocycles. The Bertz CT molecular complexity index is 870. The zero-order valence-corrected chi connectivity index (χ0v) is 18.8. The Labute approximate surface area is 179 Å². The number of nitrogens with one attached hydrogen (secondary N) is 2. The number of hydrogen-bond acceptors (Lipinski definition) is 4. The summed E-state index contributed by atoms with van der Waals surface area (Å²) in [5, 5.41) is 5.84. The van der Waals surface area contributed by atoms with Gasteiger partial charge in [-0.25, -0.2) is 10.0 Å². The summed E-state index contributed by atoms with van der Waals surface area (Å²) in [7, 11) is 0.755. The van der Waals surface area contributed by atoms with E-state index in [4.69, 9.17) is 9.47 Å². The van der Waals surface area contributed by atoms with Gasteiger partial charge >= 0.3 is 0 Å². The van der Waals surface area contributed by atoms with Crippen LogP contribution >= 0.6 is 10.0 Å². The quantitative estimate of drug-likeness (QED) is 0.704. The van der Waals surface area contributed by atoms with Crippen molar-refractivity contribution in [2.45, 2.75) is 17.4 Å². The van der Waals surface area contributed by atoms with Gasteiger partial charge in [0.15, 0.2) is 0 Å². The molecule has 1 aliphatic heterocycles. The molecular weight excluding hydrogens is 400 g/mol. The van der Waals surface area contributed by atoms with Crippen LogP contribution in [0.5, 0.6) is 5.75 Å². The molecule has 2 unspecified atom stereocenters. The zero-order valence-electron chi connectivity index (χ0n) is 17.9. The molecular formula is C23H30N2O4S. The van der Waals surface area contributed by atoms with Crippen LogP contribution in [0.1, 0.15) is 18.0 Å². The largest absolute Gasteiger partial charge is 0.497 e. The van der Waals surface area contributed by atoms with Crippen molar-refractivity contribution < 1.29 is 19.1 Å². The lowest BCUT2D eigenvalue weighted by Crippen LogP contribution is -2.40. The predicted molar refractivity (Wildman–Crippen MR) is 122 cm³/mol. The molecule has 2 aromatic carbocycles. The fourth-order valence-corrected chi connectivity index (χ4v) is 4.21. The molecule has 1 aliphatic rings. The number of carbonyl (C=O) groups is 2.